The van der Waals surface area contributed by atoms with Gasteiger partial charge in [-0.25, -0.2) is 0 Å². The molecule has 0 aromatic rings. The number of carbonyl (C=O) groups excluding carboxylic acids is 5. The molecule has 0 saturated carbocycles. The Bertz CT molecular complexity index is 773. The number of carbonyl (C=O) groups is 5. The van der Waals surface area contributed by atoms with Crippen molar-refractivity contribution in [2.45, 2.75) is 78.8 Å². The fourth-order valence-corrected chi connectivity index (χ4v) is 3.11. The van der Waals surface area contributed by atoms with Crippen LogP contribution in [-0.4, -0.2) is 59.1 Å². The number of halogens is 1. The topological polar surface area (TPSA) is 151 Å². The molecule has 0 aliphatic rings. The number of hydrogen-bond acceptors (Lipinski definition) is 5. The summed E-state index contributed by atoms with van der Waals surface area (Å²) in [6.07, 6.45) is 6.42. The molecule has 10 nitrogen and oxygen atoms in total. The quantitative estimate of drug-likeness (QED) is 0.128. The molecule has 0 spiro atoms. The Kier molecular flexibility index (Phi) is 13.9. The summed E-state index contributed by atoms with van der Waals surface area (Å²) >= 11 is 5.60. The van der Waals surface area contributed by atoms with Crippen molar-refractivity contribution < 1.29 is 24.0 Å². The van der Waals surface area contributed by atoms with E-state index in [4.69, 9.17) is 23.8 Å². The van der Waals surface area contributed by atoms with Gasteiger partial charge in [0.2, 0.25) is 17.7 Å². The van der Waals surface area contributed by atoms with E-state index in [-0.39, 0.29) is 37.6 Å². The lowest BCUT2D eigenvalue weighted by atomic mass is 9.85. The molecular formula is C23H38ClN5O5. The Labute approximate surface area is 207 Å². The molecule has 5 N–H and O–H groups in total. The van der Waals surface area contributed by atoms with Crippen molar-refractivity contribution in [1.29, 1.82) is 0 Å². The molecular weight excluding hydrogens is 462 g/mol. The van der Waals surface area contributed by atoms with Gasteiger partial charge in [0, 0.05) is 19.3 Å². The second-order valence-corrected chi connectivity index (χ2v) is 9.75. The summed E-state index contributed by atoms with van der Waals surface area (Å²) < 4.78 is 0. The zero-order valence-corrected chi connectivity index (χ0v) is 21.5. The summed E-state index contributed by atoms with van der Waals surface area (Å²) in [7, 11) is 0. The molecule has 11 heteroatoms. The average Bonchev–Trinajstić information content (AvgIpc) is 2.72. The smallest absolute Gasteiger partial charge is 0.261 e. The predicted molar refractivity (Wildman–Crippen MR) is 130 cm³/mol. The number of primary amides is 1. The molecule has 0 saturated heterocycles. The third-order valence-electron chi connectivity index (χ3n) is 4.74. The monoisotopic (exact) mass is 499 g/mol. The van der Waals surface area contributed by atoms with Gasteiger partial charge in [0.25, 0.3) is 11.8 Å². The first kappa shape index (κ1) is 31.2. The first-order chi connectivity index (χ1) is 15.7. The van der Waals surface area contributed by atoms with Gasteiger partial charge in [-0.1, -0.05) is 34.6 Å². The molecule has 0 bridgehead atoms. The van der Waals surface area contributed by atoms with Crippen molar-refractivity contribution in [3.8, 4) is 12.3 Å². The number of terminal acetylenes is 1. The highest BCUT2D eigenvalue weighted by molar-refractivity contribution is 6.27. The van der Waals surface area contributed by atoms with E-state index in [1.807, 2.05) is 13.8 Å². The van der Waals surface area contributed by atoms with E-state index in [0.717, 1.165) is 5.01 Å². The maximum absolute atomic E-state index is 13.1. The van der Waals surface area contributed by atoms with Crippen LogP contribution in [0.5, 0.6) is 0 Å². The third-order valence-corrected chi connectivity index (χ3v) is 4.97. The Morgan fingerprint density at radius 2 is 1.68 bits per heavy atom. The largest absolute Gasteiger partial charge is 0.370 e. The Balaban J connectivity index is 5.55. The van der Waals surface area contributed by atoms with Gasteiger partial charge in [-0.2, -0.15) is 0 Å². The van der Waals surface area contributed by atoms with Gasteiger partial charge in [-0.15, -0.1) is 23.9 Å². The zero-order valence-electron chi connectivity index (χ0n) is 20.7. The third kappa shape index (κ3) is 12.4. The number of rotatable bonds is 13. The van der Waals surface area contributed by atoms with Gasteiger partial charge in [0.15, 0.2) is 0 Å². The van der Waals surface area contributed by atoms with Gasteiger partial charge in [0.05, 0.1) is 6.54 Å². The molecule has 0 aromatic heterocycles. The summed E-state index contributed by atoms with van der Waals surface area (Å²) in [5.74, 6) is -0.727. The van der Waals surface area contributed by atoms with Crippen molar-refractivity contribution in [3.63, 3.8) is 0 Å². The van der Waals surface area contributed by atoms with Crippen LogP contribution in [0.15, 0.2) is 0 Å². The molecule has 5 amide bonds. The summed E-state index contributed by atoms with van der Waals surface area (Å²) in [4.78, 5) is 61.6. The molecule has 0 rings (SSSR count). The number of nitrogens with two attached hydrogens (primary N) is 1. The standard InChI is InChI=1S/C23H38ClN5O5/c1-7-8-9-10-18(31)27-20(23(4,5)6)22(34)26-16(13-15(2)3)21(33)28-29(19(32)14-24)12-11-17(25)30/h1,15-16,20H,8-14H2,2-6H3,(H2,25,30)(H,26,34)(H,27,31)(H,28,33)/t16-,20-/m1/s1. The lowest BCUT2D eigenvalue weighted by molar-refractivity contribution is -0.142. The molecule has 0 unspecified atom stereocenters. The van der Waals surface area contributed by atoms with Crippen LogP contribution in [-0.2, 0) is 24.0 Å². The molecule has 0 fully saturated rings. The van der Waals surface area contributed by atoms with Gasteiger partial charge in [-0.05, 0) is 24.2 Å². The molecule has 0 aliphatic carbocycles. The molecule has 34 heavy (non-hydrogen) atoms. The summed E-state index contributed by atoms with van der Waals surface area (Å²) in [5, 5.41) is 6.33. The minimum Gasteiger partial charge on any atom is -0.370 e. The fourth-order valence-electron chi connectivity index (χ4n) is 2.97. The fraction of sp³-hybridized carbons (Fsp3) is 0.696. The minimum absolute atomic E-state index is 0.0188. The van der Waals surface area contributed by atoms with E-state index in [0.29, 0.717) is 12.8 Å². The number of hydrogen-bond donors (Lipinski definition) is 4. The number of hydrazine groups is 1. The van der Waals surface area contributed by atoms with Crippen LogP contribution in [0.2, 0.25) is 0 Å². The molecule has 192 valence electrons. The predicted octanol–water partition coefficient (Wildman–Crippen LogP) is 0.826. The second kappa shape index (κ2) is 15.2. The zero-order chi connectivity index (χ0) is 26.5. The summed E-state index contributed by atoms with van der Waals surface area (Å²) in [5.41, 5.74) is 6.91. The van der Waals surface area contributed by atoms with Crippen LogP contribution >= 0.6 is 11.6 Å². The highest BCUT2D eigenvalue weighted by Crippen LogP contribution is 2.20. The summed E-state index contributed by atoms with van der Waals surface area (Å²) in [6, 6.07) is -1.92. The van der Waals surface area contributed by atoms with E-state index in [1.54, 1.807) is 20.8 Å². The van der Waals surface area contributed by atoms with Crippen LogP contribution in [0, 0.1) is 23.7 Å². The van der Waals surface area contributed by atoms with Gasteiger partial charge >= 0.3 is 0 Å². The number of nitrogens with one attached hydrogen (secondary N) is 3. The molecule has 0 radical (unpaired) electrons. The highest BCUT2D eigenvalue weighted by atomic mass is 35.5. The molecule has 0 heterocycles. The number of alkyl halides is 1. The van der Waals surface area contributed by atoms with Crippen LogP contribution in [0.25, 0.3) is 0 Å². The average molecular weight is 500 g/mol. The highest BCUT2D eigenvalue weighted by Gasteiger charge is 2.35. The molecule has 2 atom stereocenters. The molecule has 0 aliphatic heterocycles. The van der Waals surface area contributed by atoms with Crippen LogP contribution in [0.1, 0.15) is 66.7 Å². The van der Waals surface area contributed by atoms with E-state index < -0.39 is 47.0 Å². The first-order valence-corrected chi connectivity index (χ1v) is 11.7. The van der Waals surface area contributed by atoms with Crippen LogP contribution in [0.4, 0.5) is 0 Å². The van der Waals surface area contributed by atoms with Gasteiger partial charge in [-0.3, -0.25) is 34.4 Å². The lowest BCUT2D eigenvalue weighted by Crippen LogP contribution is -2.60. The van der Waals surface area contributed by atoms with Crippen LogP contribution < -0.4 is 21.8 Å². The number of nitrogens with zero attached hydrogens (tertiary/aromatic N) is 1. The van der Waals surface area contributed by atoms with E-state index in [1.165, 1.54) is 0 Å². The SMILES string of the molecule is C#CCCCC(=O)N[C@H](C(=O)N[C@H](CC(C)C)C(=O)NN(CCC(N)=O)C(=O)CCl)C(C)(C)C. The first-order valence-electron chi connectivity index (χ1n) is 11.2. The Morgan fingerprint density at radius 1 is 1.06 bits per heavy atom. The maximum atomic E-state index is 13.1. The van der Waals surface area contributed by atoms with Crippen molar-refractivity contribution in [2.24, 2.45) is 17.1 Å². The number of unbranched alkanes of at least 4 members (excludes halogenated alkanes) is 1. The Morgan fingerprint density at radius 3 is 2.15 bits per heavy atom. The lowest BCUT2D eigenvalue weighted by Gasteiger charge is -2.32. The van der Waals surface area contributed by atoms with Crippen molar-refractivity contribution in [2.75, 3.05) is 12.4 Å². The van der Waals surface area contributed by atoms with Crippen molar-refractivity contribution in [1.82, 2.24) is 21.1 Å². The maximum Gasteiger partial charge on any atom is 0.261 e. The molecule has 0 aromatic carbocycles. The summed E-state index contributed by atoms with van der Waals surface area (Å²) in [6.45, 7) is 8.96. The number of amides is 5. The van der Waals surface area contributed by atoms with Crippen molar-refractivity contribution in [3.05, 3.63) is 0 Å². The second-order valence-electron chi connectivity index (χ2n) is 9.49. The van der Waals surface area contributed by atoms with Crippen molar-refractivity contribution >= 4 is 41.1 Å². The van der Waals surface area contributed by atoms with Gasteiger partial charge < -0.3 is 16.4 Å². The normalized spacial score (nSPS) is 12.8. The van der Waals surface area contributed by atoms with Gasteiger partial charge in [0.1, 0.15) is 18.0 Å². The van der Waals surface area contributed by atoms with E-state index >= 15 is 0 Å². The van der Waals surface area contributed by atoms with E-state index in [2.05, 4.69) is 22.0 Å². The van der Waals surface area contributed by atoms with Crippen LogP contribution in [0.3, 0.4) is 0 Å². The van der Waals surface area contributed by atoms with E-state index in [9.17, 15) is 24.0 Å². The Hall–Kier alpha value is -2.80. The minimum atomic E-state index is -1.00.